The molecule has 0 saturated carbocycles. The lowest BCUT2D eigenvalue weighted by Gasteiger charge is -2.23. The molecule has 0 N–H and O–H groups in total. The molecule has 1 aliphatic heterocycles. The zero-order chi connectivity index (χ0) is 13.2. The van der Waals surface area contributed by atoms with E-state index < -0.39 is 0 Å². The van der Waals surface area contributed by atoms with Gasteiger partial charge in [-0.25, -0.2) is 4.98 Å². The fourth-order valence-corrected chi connectivity index (χ4v) is 2.97. The van der Waals surface area contributed by atoms with Gasteiger partial charge >= 0.3 is 0 Å². The van der Waals surface area contributed by atoms with Gasteiger partial charge in [0.25, 0.3) is 0 Å². The SMILES string of the molecule is CC(Cl)c1nc2ccccc2n1CC1CCCOC1. The van der Waals surface area contributed by atoms with E-state index in [-0.39, 0.29) is 5.38 Å². The molecule has 1 saturated heterocycles. The van der Waals surface area contributed by atoms with Gasteiger partial charge in [-0.1, -0.05) is 12.1 Å². The number of hydrogen-bond donors (Lipinski definition) is 0. The van der Waals surface area contributed by atoms with E-state index in [0.29, 0.717) is 5.92 Å². The van der Waals surface area contributed by atoms with Crippen LogP contribution in [0.25, 0.3) is 11.0 Å². The number of rotatable bonds is 3. The summed E-state index contributed by atoms with van der Waals surface area (Å²) in [5.41, 5.74) is 2.21. The van der Waals surface area contributed by atoms with Crippen molar-refractivity contribution in [2.24, 2.45) is 5.92 Å². The van der Waals surface area contributed by atoms with Crippen LogP contribution in [-0.4, -0.2) is 22.8 Å². The maximum Gasteiger partial charge on any atom is 0.127 e. The minimum absolute atomic E-state index is 0.0723. The van der Waals surface area contributed by atoms with E-state index in [9.17, 15) is 0 Å². The van der Waals surface area contributed by atoms with Crippen molar-refractivity contribution in [3.8, 4) is 0 Å². The van der Waals surface area contributed by atoms with Crippen LogP contribution < -0.4 is 0 Å². The number of fused-ring (bicyclic) bond motifs is 1. The van der Waals surface area contributed by atoms with Crippen LogP contribution in [0.4, 0.5) is 0 Å². The summed E-state index contributed by atoms with van der Waals surface area (Å²) in [6.45, 7) is 4.69. The molecule has 2 unspecified atom stereocenters. The number of imidazole rings is 1. The molecule has 0 spiro atoms. The number of nitrogens with zero attached hydrogens (tertiary/aromatic N) is 2. The molecule has 1 aliphatic rings. The lowest BCUT2D eigenvalue weighted by Crippen LogP contribution is -2.23. The number of hydrogen-bond acceptors (Lipinski definition) is 2. The molecule has 3 nitrogen and oxygen atoms in total. The van der Waals surface area contributed by atoms with Crippen molar-refractivity contribution >= 4 is 22.6 Å². The van der Waals surface area contributed by atoms with Gasteiger partial charge in [-0.15, -0.1) is 11.6 Å². The fraction of sp³-hybridized carbons (Fsp3) is 0.533. The van der Waals surface area contributed by atoms with Gasteiger partial charge in [-0.2, -0.15) is 0 Å². The second kappa shape index (κ2) is 5.51. The van der Waals surface area contributed by atoms with Crippen molar-refractivity contribution in [3.63, 3.8) is 0 Å². The zero-order valence-electron chi connectivity index (χ0n) is 11.2. The Balaban J connectivity index is 1.97. The van der Waals surface area contributed by atoms with Crippen LogP contribution in [0.2, 0.25) is 0 Å². The molecule has 2 heterocycles. The molecule has 0 amide bonds. The summed E-state index contributed by atoms with van der Waals surface area (Å²) < 4.78 is 7.85. The maximum absolute atomic E-state index is 6.28. The van der Waals surface area contributed by atoms with E-state index in [1.165, 1.54) is 11.9 Å². The maximum atomic E-state index is 6.28. The summed E-state index contributed by atoms with van der Waals surface area (Å²) in [5, 5.41) is -0.0723. The average Bonchev–Trinajstić information content (AvgIpc) is 2.79. The predicted octanol–water partition coefficient (Wildman–Crippen LogP) is 3.76. The van der Waals surface area contributed by atoms with E-state index in [1.54, 1.807) is 0 Å². The summed E-state index contributed by atoms with van der Waals surface area (Å²) in [7, 11) is 0. The molecule has 3 rings (SSSR count). The Bertz CT molecular complexity index is 558. The monoisotopic (exact) mass is 278 g/mol. The molecule has 0 bridgehead atoms. The third-order valence-electron chi connectivity index (χ3n) is 3.74. The Morgan fingerprint density at radius 3 is 3.05 bits per heavy atom. The van der Waals surface area contributed by atoms with Crippen molar-refractivity contribution < 1.29 is 4.74 Å². The minimum Gasteiger partial charge on any atom is -0.381 e. The molecular weight excluding hydrogens is 260 g/mol. The highest BCUT2D eigenvalue weighted by molar-refractivity contribution is 6.20. The van der Waals surface area contributed by atoms with Crippen LogP contribution in [0.3, 0.4) is 0 Å². The van der Waals surface area contributed by atoms with Crippen molar-refractivity contribution in [2.75, 3.05) is 13.2 Å². The predicted molar refractivity (Wildman–Crippen MR) is 77.5 cm³/mol. The molecule has 2 aromatic rings. The van der Waals surface area contributed by atoms with E-state index in [4.69, 9.17) is 16.3 Å². The highest BCUT2D eigenvalue weighted by Gasteiger charge is 2.20. The highest BCUT2D eigenvalue weighted by Crippen LogP contribution is 2.27. The van der Waals surface area contributed by atoms with Gasteiger partial charge < -0.3 is 9.30 Å². The first-order valence-electron chi connectivity index (χ1n) is 6.92. The summed E-state index contributed by atoms with van der Waals surface area (Å²) in [5.74, 6) is 1.54. The molecule has 19 heavy (non-hydrogen) atoms. The third kappa shape index (κ3) is 2.63. The molecule has 0 radical (unpaired) electrons. The van der Waals surface area contributed by atoms with Crippen LogP contribution in [-0.2, 0) is 11.3 Å². The Morgan fingerprint density at radius 2 is 2.32 bits per heavy atom. The molecule has 4 heteroatoms. The van der Waals surface area contributed by atoms with Gasteiger partial charge in [0.15, 0.2) is 0 Å². The van der Waals surface area contributed by atoms with E-state index in [0.717, 1.165) is 37.5 Å². The van der Waals surface area contributed by atoms with Gasteiger partial charge in [-0.05, 0) is 31.9 Å². The van der Waals surface area contributed by atoms with Gasteiger partial charge in [0, 0.05) is 19.1 Å². The Hall–Kier alpha value is -1.06. The third-order valence-corrected chi connectivity index (χ3v) is 3.93. The molecular formula is C15H19ClN2O. The Labute approximate surface area is 118 Å². The quantitative estimate of drug-likeness (QED) is 0.799. The topological polar surface area (TPSA) is 27.1 Å². The molecule has 102 valence electrons. The number of alkyl halides is 1. The minimum atomic E-state index is -0.0723. The van der Waals surface area contributed by atoms with Crippen molar-refractivity contribution in [1.82, 2.24) is 9.55 Å². The van der Waals surface area contributed by atoms with E-state index in [1.807, 2.05) is 19.1 Å². The molecule has 1 aromatic carbocycles. The second-order valence-electron chi connectivity index (χ2n) is 5.27. The number of para-hydroxylation sites is 2. The lowest BCUT2D eigenvalue weighted by atomic mass is 10.0. The molecule has 1 fully saturated rings. The number of aromatic nitrogens is 2. The van der Waals surface area contributed by atoms with Gasteiger partial charge in [0.1, 0.15) is 5.82 Å². The highest BCUT2D eigenvalue weighted by atomic mass is 35.5. The fourth-order valence-electron chi connectivity index (χ4n) is 2.80. The van der Waals surface area contributed by atoms with Gasteiger partial charge in [0.2, 0.25) is 0 Å². The first kappa shape index (κ1) is 12.9. The largest absolute Gasteiger partial charge is 0.381 e. The summed E-state index contributed by atoms with van der Waals surface area (Å²) in [4.78, 5) is 4.67. The van der Waals surface area contributed by atoms with Crippen LogP contribution in [0, 0.1) is 5.92 Å². The average molecular weight is 279 g/mol. The summed E-state index contributed by atoms with van der Waals surface area (Å²) in [6.07, 6.45) is 2.38. The number of benzene rings is 1. The number of ether oxygens (including phenoxy) is 1. The summed E-state index contributed by atoms with van der Waals surface area (Å²) in [6, 6.07) is 8.24. The van der Waals surface area contributed by atoms with Gasteiger partial charge in [0.05, 0.1) is 23.0 Å². The second-order valence-corrected chi connectivity index (χ2v) is 5.92. The Morgan fingerprint density at radius 1 is 1.47 bits per heavy atom. The summed E-state index contributed by atoms with van der Waals surface area (Å²) >= 11 is 6.28. The smallest absolute Gasteiger partial charge is 0.127 e. The standard InChI is InChI=1S/C15H19ClN2O/c1-11(16)15-17-13-6-2-3-7-14(13)18(15)9-12-5-4-8-19-10-12/h2-3,6-7,11-12H,4-5,8-10H2,1H3. The molecule has 1 aromatic heterocycles. The first-order chi connectivity index (χ1) is 9.25. The molecule has 2 atom stereocenters. The van der Waals surface area contributed by atoms with Crippen molar-refractivity contribution in [2.45, 2.75) is 31.7 Å². The lowest BCUT2D eigenvalue weighted by molar-refractivity contribution is 0.0485. The first-order valence-corrected chi connectivity index (χ1v) is 7.36. The number of halogens is 1. The molecule has 0 aliphatic carbocycles. The van der Waals surface area contributed by atoms with Crippen LogP contribution in [0.5, 0.6) is 0 Å². The van der Waals surface area contributed by atoms with Crippen molar-refractivity contribution in [3.05, 3.63) is 30.1 Å². The normalized spacial score (nSPS) is 21.7. The van der Waals surface area contributed by atoms with E-state index in [2.05, 4.69) is 21.7 Å². The zero-order valence-corrected chi connectivity index (χ0v) is 11.9. The van der Waals surface area contributed by atoms with Crippen molar-refractivity contribution in [1.29, 1.82) is 0 Å². The van der Waals surface area contributed by atoms with E-state index >= 15 is 0 Å². The van der Waals surface area contributed by atoms with Crippen LogP contribution in [0.15, 0.2) is 24.3 Å². The van der Waals surface area contributed by atoms with Gasteiger partial charge in [-0.3, -0.25) is 0 Å². The van der Waals surface area contributed by atoms with Crippen LogP contribution in [0.1, 0.15) is 31.0 Å². The Kier molecular flexibility index (Phi) is 3.76. The van der Waals surface area contributed by atoms with Crippen LogP contribution >= 0.6 is 11.6 Å².